The molecule has 1 N–H and O–H groups in total. The van der Waals surface area contributed by atoms with Crippen LogP contribution in [0.5, 0.6) is 23.0 Å². The summed E-state index contributed by atoms with van der Waals surface area (Å²) in [6.45, 7) is 3.80. The highest BCUT2D eigenvalue weighted by molar-refractivity contribution is 5.81. The summed E-state index contributed by atoms with van der Waals surface area (Å²) < 4.78 is 21.7. The first-order chi connectivity index (χ1) is 13.0. The Balaban J connectivity index is 2.11. The molecule has 0 aliphatic heterocycles. The molecule has 0 aliphatic rings. The van der Waals surface area contributed by atoms with Crippen molar-refractivity contribution in [1.29, 1.82) is 0 Å². The van der Waals surface area contributed by atoms with Gasteiger partial charge in [-0.1, -0.05) is 13.0 Å². The van der Waals surface area contributed by atoms with Crippen LogP contribution in [-0.2, 0) is 4.79 Å². The molecule has 0 heterocycles. The minimum atomic E-state index is -0.615. The first-order valence-corrected chi connectivity index (χ1v) is 8.85. The molecule has 1 amide bonds. The Hall–Kier alpha value is -2.89. The summed E-state index contributed by atoms with van der Waals surface area (Å²) in [4.78, 5) is 12.7. The van der Waals surface area contributed by atoms with E-state index in [1.54, 1.807) is 33.5 Å². The highest BCUT2D eigenvalue weighted by atomic mass is 16.5. The Labute approximate surface area is 160 Å². The van der Waals surface area contributed by atoms with Gasteiger partial charge in [0.2, 0.25) is 0 Å². The lowest BCUT2D eigenvalue weighted by atomic mass is 10.1. The Kier molecular flexibility index (Phi) is 7.34. The molecule has 146 valence electrons. The predicted octanol–water partition coefficient (Wildman–Crippen LogP) is 3.75. The van der Waals surface area contributed by atoms with Gasteiger partial charge in [-0.3, -0.25) is 4.79 Å². The van der Waals surface area contributed by atoms with E-state index in [4.69, 9.17) is 18.9 Å². The van der Waals surface area contributed by atoms with Gasteiger partial charge < -0.3 is 24.3 Å². The molecule has 27 heavy (non-hydrogen) atoms. The fourth-order valence-electron chi connectivity index (χ4n) is 2.72. The molecule has 2 aromatic rings. The second-order valence-electron chi connectivity index (χ2n) is 6.03. The van der Waals surface area contributed by atoms with Crippen LogP contribution in [-0.4, -0.2) is 33.3 Å². The molecular weight excluding hydrogens is 346 g/mol. The molecule has 6 heteroatoms. The number of hydrogen-bond donors (Lipinski definition) is 1. The summed E-state index contributed by atoms with van der Waals surface area (Å²) in [6, 6.07) is 12.4. The van der Waals surface area contributed by atoms with Crippen LogP contribution in [0.15, 0.2) is 42.5 Å². The van der Waals surface area contributed by atoms with Gasteiger partial charge >= 0.3 is 0 Å². The van der Waals surface area contributed by atoms with E-state index in [-0.39, 0.29) is 11.9 Å². The van der Waals surface area contributed by atoms with E-state index in [0.717, 1.165) is 5.56 Å². The van der Waals surface area contributed by atoms with Crippen molar-refractivity contribution < 1.29 is 23.7 Å². The average molecular weight is 373 g/mol. The minimum Gasteiger partial charge on any atom is -0.497 e. The van der Waals surface area contributed by atoms with Crippen molar-refractivity contribution in [2.45, 2.75) is 32.4 Å². The SMILES string of the molecule is CC[C@@H](Oc1cccc(OC)c1)C(=O)N[C@@H](C)c1cc(OC)ccc1OC. The molecule has 2 rings (SSSR count). The largest absolute Gasteiger partial charge is 0.497 e. The van der Waals surface area contributed by atoms with Gasteiger partial charge in [0.25, 0.3) is 5.91 Å². The Morgan fingerprint density at radius 1 is 0.963 bits per heavy atom. The van der Waals surface area contributed by atoms with Crippen molar-refractivity contribution >= 4 is 5.91 Å². The molecule has 0 aromatic heterocycles. The number of nitrogens with one attached hydrogen (secondary N) is 1. The summed E-state index contributed by atoms with van der Waals surface area (Å²) in [7, 11) is 4.79. The molecule has 0 bridgehead atoms. The number of carbonyl (C=O) groups excluding carboxylic acids is 1. The number of ether oxygens (including phenoxy) is 4. The van der Waals surface area contributed by atoms with Gasteiger partial charge in [-0.05, 0) is 43.7 Å². The number of amides is 1. The number of methoxy groups -OCH3 is 3. The molecule has 0 saturated heterocycles. The molecule has 0 unspecified atom stereocenters. The molecule has 2 aromatic carbocycles. The molecule has 2 atom stereocenters. The third-order valence-corrected chi connectivity index (χ3v) is 4.24. The number of hydrogen-bond acceptors (Lipinski definition) is 5. The van der Waals surface area contributed by atoms with Crippen LogP contribution in [0.25, 0.3) is 0 Å². The summed E-state index contributed by atoms with van der Waals surface area (Å²) in [5, 5.41) is 2.99. The van der Waals surface area contributed by atoms with E-state index < -0.39 is 6.10 Å². The Morgan fingerprint density at radius 3 is 2.26 bits per heavy atom. The van der Waals surface area contributed by atoms with Gasteiger partial charge in [-0.25, -0.2) is 0 Å². The smallest absolute Gasteiger partial charge is 0.261 e. The lowest BCUT2D eigenvalue weighted by Gasteiger charge is -2.22. The van der Waals surface area contributed by atoms with Crippen LogP contribution in [0.1, 0.15) is 31.9 Å². The molecule has 0 fully saturated rings. The van der Waals surface area contributed by atoms with Crippen LogP contribution < -0.4 is 24.3 Å². The van der Waals surface area contributed by atoms with Crippen molar-refractivity contribution in [2.24, 2.45) is 0 Å². The van der Waals surface area contributed by atoms with Crippen LogP contribution in [0.3, 0.4) is 0 Å². The standard InChI is InChI=1S/C21H27NO5/c1-6-19(27-17-9-7-8-15(12-17)24-3)21(23)22-14(2)18-13-16(25-4)10-11-20(18)26-5/h7-14,19H,6H2,1-5H3,(H,22,23)/t14-,19+/m0/s1. The number of benzene rings is 2. The molecule has 6 nitrogen and oxygen atoms in total. The maximum atomic E-state index is 12.7. The summed E-state index contributed by atoms with van der Waals surface area (Å²) in [5.41, 5.74) is 0.835. The minimum absolute atomic E-state index is 0.197. The Bertz CT molecular complexity index is 762. The quantitative estimate of drug-likeness (QED) is 0.725. The molecule has 0 saturated carbocycles. The Morgan fingerprint density at radius 2 is 1.63 bits per heavy atom. The van der Waals surface area contributed by atoms with E-state index in [2.05, 4.69) is 5.32 Å². The van der Waals surface area contributed by atoms with Gasteiger partial charge in [-0.15, -0.1) is 0 Å². The highest BCUT2D eigenvalue weighted by Crippen LogP contribution is 2.29. The number of rotatable bonds is 9. The van der Waals surface area contributed by atoms with E-state index in [1.165, 1.54) is 0 Å². The lowest BCUT2D eigenvalue weighted by Crippen LogP contribution is -2.39. The maximum absolute atomic E-state index is 12.7. The summed E-state index contributed by atoms with van der Waals surface area (Å²) in [5.74, 6) is 2.45. The van der Waals surface area contributed by atoms with Gasteiger partial charge in [0.15, 0.2) is 6.10 Å². The maximum Gasteiger partial charge on any atom is 0.261 e. The van der Waals surface area contributed by atoms with E-state index in [9.17, 15) is 4.79 Å². The predicted molar refractivity (Wildman–Crippen MR) is 104 cm³/mol. The highest BCUT2D eigenvalue weighted by Gasteiger charge is 2.22. The van der Waals surface area contributed by atoms with Crippen LogP contribution in [0.2, 0.25) is 0 Å². The fraction of sp³-hybridized carbons (Fsp3) is 0.381. The summed E-state index contributed by atoms with van der Waals surface area (Å²) >= 11 is 0. The van der Waals surface area contributed by atoms with Gasteiger partial charge in [0.05, 0.1) is 27.4 Å². The van der Waals surface area contributed by atoms with E-state index in [0.29, 0.717) is 29.4 Å². The second-order valence-corrected chi connectivity index (χ2v) is 6.03. The van der Waals surface area contributed by atoms with Crippen molar-refractivity contribution in [1.82, 2.24) is 5.32 Å². The molecule has 0 spiro atoms. The summed E-state index contributed by atoms with van der Waals surface area (Å²) in [6.07, 6.45) is -0.0819. The zero-order valence-electron chi connectivity index (χ0n) is 16.4. The third-order valence-electron chi connectivity index (χ3n) is 4.24. The second kappa shape index (κ2) is 9.71. The zero-order valence-corrected chi connectivity index (χ0v) is 16.4. The monoisotopic (exact) mass is 373 g/mol. The zero-order chi connectivity index (χ0) is 19.8. The fourth-order valence-corrected chi connectivity index (χ4v) is 2.72. The van der Waals surface area contributed by atoms with Crippen molar-refractivity contribution in [3.05, 3.63) is 48.0 Å². The third kappa shape index (κ3) is 5.29. The van der Waals surface area contributed by atoms with Gasteiger partial charge in [-0.2, -0.15) is 0 Å². The lowest BCUT2D eigenvalue weighted by molar-refractivity contribution is -0.128. The first kappa shape index (κ1) is 20.4. The molecule has 0 aliphatic carbocycles. The van der Waals surface area contributed by atoms with Crippen molar-refractivity contribution in [3.8, 4) is 23.0 Å². The van der Waals surface area contributed by atoms with Gasteiger partial charge in [0, 0.05) is 11.6 Å². The van der Waals surface area contributed by atoms with Crippen LogP contribution in [0, 0.1) is 0 Å². The molecule has 0 radical (unpaired) electrons. The van der Waals surface area contributed by atoms with E-state index in [1.807, 2.05) is 44.2 Å². The molecular formula is C21H27NO5. The van der Waals surface area contributed by atoms with Crippen molar-refractivity contribution in [2.75, 3.05) is 21.3 Å². The topological polar surface area (TPSA) is 66.0 Å². The average Bonchev–Trinajstić information content (AvgIpc) is 2.71. The van der Waals surface area contributed by atoms with Gasteiger partial charge in [0.1, 0.15) is 23.0 Å². The van der Waals surface area contributed by atoms with E-state index >= 15 is 0 Å². The van der Waals surface area contributed by atoms with Crippen LogP contribution in [0.4, 0.5) is 0 Å². The normalized spacial score (nSPS) is 12.6. The first-order valence-electron chi connectivity index (χ1n) is 8.85. The van der Waals surface area contributed by atoms with Crippen LogP contribution >= 0.6 is 0 Å². The van der Waals surface area contributed by atoms with Crippen molar-refractivity contribution in [3.63, 3.8) is 0 Å². The number of carbonyl (C=O) groups is 1.